The highest BCUT2D eigenvalue weighted by Crippen LogP contribution is 2.19. The van der Waals surface area contributed by atoms with Crippen molar-refractivity contribution in [2.45, 2.75) is 44.9 Å². The maximum absolute atomic E-state index is 14.0. The summed E-state index contributed by atoms with van der Waals surface area (Å²) in [6.45, 7) is 3.71. The van der Waals surface area contributed by atoms with E-state index >= 15 is 0 Å². The number of carbonyl (C=O) groups excluding carboxylic acids is 2. The van der Waals surface area contributed by atoms with Gasteiger partial charge in [-0.15, -0.1) is 0 Å². The third-order valence-corrected chi connectivity index (χ3v) is 4.49. The first kappa shape index (κ1) is 20.5. The Balaban J connectivity index is 1.67. The Morgan fingerprint density at radius 2 is 1.79 bits per heavy atom. The van der Waals surface area contributed by atoms with Crippen LogP contribution in [-0.2, 0) is 20.8 Å². The quantitative estimate of drug-likeness (QED) is 0.754. The molecule has 3 rings (SSSR count). The van der Waals surface area contributed by atoms with Gasteiger partial charge in [-0.25, -0.2) is 4.39 Å². The summed E-state index contributed by atoms with van der Waals surface area (Å²) in [6, 6.07) is 14.8. The molecule has 0 saturated carbocycles. The molecule has 6 nitrogen and oxygen atoms in total. The van der Waals surface area contributed by atoms with E-state index in [0.29, 0.717) is 17.7 Å². The molecule has 2 unspecified atom stereocenters. The van der Waals surface area contributed by atoms with Crippen LogP contribution in [0.15, 0.2) is 59.8 Å². The lowest BCUT2D eigenvalue weighted by molar-refractivity contribution is -0.135. The highest BCUT2D eigenvalue weighted by molar-refractivity contribution is 6.04. The highest BCUT2D eigenvalue weighted by atomic mass is 19.1. The first-order valence-corrected chi connectivity index (χ1v) is 9.56. The number of nitrogens with one attached hydrogen (secondary N) is 2. The second-order valence-electron chi connectivity index (χ2n) is 7.23. The number of rotatable bonds is 7. The number of carbonyl (C=O) groups is 2. The first-order chi connectivity index (χ1) is 13.9. The molecule has 0 bridgehead atoms. The van der Waals surface area contributed by atoms with Crippen LogP contribution in [0.25, 0.3) is 0 Å². The summed E-state index contributed by atoms with van der Waals surface area (Å²) < 4.78 is 14.0. The van der Waals surface area contributed by atoms with Crippen molar-refractivity contribution in [2.24, 2.45) is 5.16 Å². The monoisotopic (exact) mass is 397 g/mol. The number of benzene rings is 2. The van der Waals surface area contributed by atoms with Crippen LogP contribution in [0.4, 0.5) is 4.39 Å². The van der Waals surface area contributed by atoms with Gasteiger partial charge in [0.05, 0.1) is 5.71 Å². The van der Waals surface area contributed by atoms with E-state index in [1.165, 1.54) is 6.07 Å². The molecule has 152 valence electrons. The summed E-state index contributed by atoms with van der Waals surface area (Å²) in [5.41, 5.74) is 1.60. The fourth-order valence-electron chi connectivity index (χ4n) is 3.08. The minimum Gasteiger partial charge on any atom is -0.382 e. The lowest BCUT2D eigenvalue weighted by Crippen LogP contribution is -2.52. The van der Waals surface area contributed by atoms with Crippen molar-refractivity contribution in [2.75, 3.05) is 0 Å². The van der Waals surface area contributed by atoms with E-state index in [0.717, 1.165) is 5.56 Å². The van der Waals surface area contributed by atoms with Crippen molar-refractivity contribution in [1.82, 2.24) is 10.6 Å². The van der Waals surface area contributed by atoms with E-state index in [-0.39, 0.29) is 18.4 Å². The molecule has 2 aromatic carbocycles. The molecule has 2 amide bonds. The van der Waals surface area contributed by atoms with Crippen LogP contribution < -0.4 is 10.6 Å². The van der Waals surface area contributed by atoms with Crippen LogP contribution in [0.5, 0.6) is 0 Å². The van der Waals surface area contributed by atoms with Crippen molar-refractivity contribution >= 4 is 17.5 Å². The Morgan fingerprint density at radius 1 is 1.10 bits per heavy atom. The molecule has 0 aromatic heterocycles. The normalized spacial score (nSPS) is 16.7. The summed E-state index contributed by atoms with van der Waals surface area (Å²) in [5, 5.41) is 9.45. The zero-order valence-corrected chi connectivity index (χ0v) is 16.4. The molecule has 1 aliphatic rings. The number of halogens is 1. The lowest BCUT2D eigenvalue weighted by atomic mass is 10.0. The van der Waals surface area contributed by atoms with Gasteiger partial charge in [0.15, 0.2) is 0 Å². The van der Waals surface area contributed by atoms with Crippen LogP contribution in [-0.4, -0.2) is 35.7 Å². The summed E-state index contributed by atoms with van der Waals surface area (Å²) in [4.78, 5) is 30.5. The Bertz CT molecular complexity index is 899. The Morgan fingerprint density at radius 3 is 2.48 bits per heavy atom. The zero-order valence-electron chi connectivity index (χ0n) is 16.4. The Labute approximate surface area is 169 Å². The van der Waals surface area contributed by atoms with Gasteiger partial charge >= 0.3 is 0 Å². The van der Waals surface area contributed by atoms with Crippen molar-refractivity contribution < 1.29 is 18.8 Å². The van der Waals surface area contributed by atoms with E-state index in [4.69, 9.17) is 4.84 Å². The number of nitrogens with zero attached hydrogens (tertiary/aromatic N) is 1. The van der Waals surface area contributed by atoms with E-state index in [9.17, 15) is 14.0 Å². The average molecular weight is 397 g/mol. The molecule has 1 heterocycles. The second kappa shape index (κ2) is 9.32. The third-order valence-electron chi connectivity index (χ3n) is 4.49. The van der Waals surface area contributed by atoms with Crippen LogP contribution in [0.3, 0.4) is 0 Å². The predicted octanol–water partition coefficient (Wildman–Crippen LogP) is 2.57. The Hall–Kier alpha value is -3.22. The van der Waals surface area contributed by atoms with Crippen LogP contribution in [0.1, 0.15) is 31.4 Å². The predicted molar refractivity (Wildman–Crippen MR) is 108 cm³/mol. The summed E-state index contributed by atoms with van der Waals surface area (Å²) in [5.74, 6) is -1.15. The Kier molecular flexibility index (Phi) is 6.59. The van der Waals surface area contributed by atoms with Gasteiger partial charge in [-0.2, -0.15) is 0 Å². The van der Waals surface area contributed by atoms with Crippen molar-refractivity contribution in [3.05, 3.63) is 71.5 Å². The van der Waals surface area contributed by atoms with Gasteiger partial charge in [0, 0.05) is 24.4 Å². The largest absolute Gasteiger partial charge is 0.382 e. The number of amides is 2. The molecule has 29 heavy (non-hydrogen) atoms. The minimum absolute atomic E-state index is 0.0589. The van der Waals surface area contributed by atoms with Crippen molar-refractivity contribution in [1.29, 1.82) is 0 Å². The molecule has 0 spiro atoms. The molecular weight excluding hydrogens is 373 g/mol. The average Bonchev–Trinajstić information content (AvgIpc) is 3.18. The van der Waals surface area contributed by atoms with Crippen LogP contribution >= 0.6 is 0 Å². The van der Waals surface area contributed by atoms with Crippen LogP contribution in [0.2, 0.25) is 0 Å². The number of hydrogen-bond donors (Lipinski definition) is 2. The van der Waals surface area contributed by atoms with Gasteiger partial charge in [0.25, 0.3) is 5.91 Å². The number of hydrogen-bond acceptors (Lipinski definition) is 4. The lowest BCUT2D eigenvalue weighted by Gasteiger charge is -2.21. The molecule has 2 N–H and O–H groups in total. The SMILES string of the molecule is CC(C)NC(=O)C(Cc1ccccc1)NC(=O)C1CC(c2ccccc2F)=NO1. The van der Waals surface area contributed by atoms with Crippen molar-refractivity contribution in [3.8, 4) is 0 Å². The van der Waals surface area contributed by atoms with Crippen LogP contribution in [0, 0.1) is 5.82 Å². The van der Waals surface area contributed by atoms with Gasteiger partial charge < -0.3 is 15.5 Å². The van der Waals surface area contributed by atoms with E-state index in [1.807, 2.05) is 44.2 Å². The third kappa shape index (κ3) is 5.40. The van der Waals surface area contributed by atoms with Crippen molar-refractivity contribution in [3.63, 3.8) is 0 Å². The van der Waals surface area contributed by atoms with E-state index < -0.39 is 23.9 Å². The van der Waals surface area contributed by atoms with Gasteiger partial charge in [0.1, 0.15) is 11.9 Å². The summed E-state index contributed by atoms with van der Waals surface area (Å²) >= 11 is 0. The second-order valence-corrected chi connectivity index (χ2v) is 7.23. The van der Waals surface area contributed by atoms with Gasteiger partial charge in [0.2, 0.25) is 12.0 Å². The number of oxime groups is 1. The topological polar surface area (TPSA) is 79.8 Å². The fraction of sp³-hybridized carbons (Fsp3) is 0.318. The standard InChI is InChI=1S/C22H24FN3O3/c1-14(2)24-21(27)19(12-15-8-4-3-5-9-15)25-22(28)20-13-18(26-29-20)16-10-6-7-11-17(16)23/h3-11,14,19-20H,12-13H2,1-2H3,(H,24,27)(H,25,28). The molecule has 2 aromatic rings. The maximum atomic E-state index is 14.0. The summed E-state index contributed by atoms with van der Waals surface area (Å²) in [7, 11) is 0. The molecule has 0 aliphatic carbocycles. The van der Waals surface area contributed by atoms with Gasteiger partial charge in [-0.05, 0) is 25.5 Å². The zero-order chi connectivity index (χ0) is 20.8. The molecule has 0 radical (unpaired) electrons. The van der Waals surface area contributed by atoms with E-state index in [2.05, 4.69) is 15.8 Å². The van der Waals surface area contributed by atoms with Gasteiger partial charge in [-0.3, -0.25) is 9.59 Å². The smallest absolute Gasteiger partial charge is 0.265 e. The van der Waals surface area contributed by atoms with Gasteiger partial charge in [-0.1, -0.05) is 53.7 Å². The minimum atomic E-state index is -0.908. The molecule has 0 fully saturated rings. The molecular formula is C22H24FN3O3. The maximum Gasteiger partial charge on any atom is 0.265 e. The molecule has 7 heteroatoms. The summed E-state index contributed by atoms with van der Waals surface area (Å²) in [6.07, 6.45) is -0.426. The molecule has 0 saturated heterocycles. The highest BCUT2D eigenvalue weighted by Gasteiger charge is 2.32. The molecule has 2 atom stereocenters. The first-order valence-electron chi connectivity index (χ1n) is 9.56. The van der Waals surface area contributed by atoms with E-state index in [1.54, 1.807) is 18.2 Å². The fourth-order valence-corrected chi connectivity index (χ4v) is 3.08. The molecule has 1 aliphatic heterocycles.